The van der Waals surface area contributed by atoms with Crippen molar-refractivity contribution in [1.29, 1.82) is 0 Å². The predicted octanol–water partition coefficient (Wildman–Crippen LogP) is 3.21. The minimum atomic E-state index is -4.38. The molecule has 4 nitrogen and oxygen atoms in total. The fourth-order valence-electron chi connectivity index (χ4n) is 1.57. The number of nitrogens with zero attached hydrogens (tertiary/aromatic N) is 1. The standard InChI is InChI=1S/C13H10F3NO3/c1-19-10-6-12(18)20-11(10)7-17-9-4-2-8(3-5-9)13(14,15)16/h2-5,7H,6H2,1H3. The van der Waals surface area contributed by atoms with Gasteiger partial charge in [-0.05, 0) is 24.3 Å². The Morgan fingerprint density at radius 2 is 1.95 bits per heavy atom. The number of esters is 1. The quantitative estimate of drug-likeness (QED) is 0.633. The monoisotopic (exact) mass is 285 g/mol. The van der Waals surface area contributed by atoms with Crippen LogP contribution >= 0.6 is 0 Å². The molecule has 0 bridgehead atoms. The third-order valence-electron chi connectivity index (χ3n) is 2.58. The largest absolute Gasteiger partial charge is 0.497 e. The topological polar surface area (TPSA) is 47.9 Å². The van der Waals surface area contributed by atoms with E-state index in [1.165, 1.54) is 25.5 Å². The number of rotatable bonds is 3. The lowest BCUT2D eigenvalue weighted by atomic mass is 10.2. The van der Waals surface area contributed by atoms with Crippen molar-refractivity contribution < 1.29 is 27.4 Å². The summed E-state index contributed by atoms with van der Waals surface area (Å²) in [5.41, 5.74) is -0.440. The van der Waals surface area contributed by atoms with Gasteiger partial charge in [-0.15, -0.1) is 0 Å². The minimum absolute atomic E-state index is 0.0187. The molecule has 0 fully saturated rings. The first-order valence-corrected chi connectivity index (χ1v) is 5.59. The summed E-state index contributed by atoms with van der Waals surface area (Å²) < 4.78 is 46.9. The number of benzene rings is 1. The van der Waals surface area contributed by atoms with Gasteiger partial charge in [-0.3, -0.25) is 9.79 Å². The number of halogens is 3. The number of cyclic esters (lactones) is 1. The van der Waals surface area contributed by atoms with E-state index >= 15 is 0 Å². The average Bonchev–Trinajstić information content (AvgIpc) is 2.76. The van der Waals surface area contributed by atoms with E-state index in [2.05, 4.69) is 4.99 Å². The molecule has 106 valence electrons. The van der Waals surface area contributed by atoms with Crippen LogP contribution in [0, 0.1) is 0 Å². The van der Waals surface area contributed by atoms with Crippen molar-refractivity contribution in [1.82, 2.24) is 0 Å². The van der Waals surface area contributed by atoms with Gasteiger partial charge < -0.3 is 9.47 Å². The Kier molecular flexibility index (Phi) is 3.78. The SMILES string of the molecule is COC1=C(C=Nc2ccc(C(F)(F)F)cc2)OC(=O)C1. The average molecular weight is 285 g/mol. The van der Waals surface area contributed by atoms with Gasteiger partial charge in [0.1, 0.15) is 6.42 Å². The van der Waals surface area contributed by atoms with E-state index in [4.69, 9.17) is 9.47 Å². The molecule has 0 unspecified atom stereocenters. The molecule has 0 radical (unpaired) electrons. The van der Waals surface area contributed by atoms with Gasteiger partial charge in [-0.25, -0.2) is 0 Å². The highest BCUT2D eigenvalue weighted by Gasteiger charge is 2.30. The Morgan fingerprint density at radius 1 is 1.30 bits per heavy atom. The molecule has 0 saturated heterocycles. The smallest absolute Gasteiger partial charge is 0.416 e. The van der Waals surface area contributed by atoms with Crippen LogP contribution in [0.5, 0.6) is 0 Å². The van der Waals surface area contributed by atoms with Gasteiger partial charge in [0.15, 0.2) is 11.5 Å². The number of methoxy groups -OCH3 is 1. The maximum Gasteiger partial charge on any atom is 0.416 e. The number of hydrogen-bond donors (Lipinski definition) is 0. The van der Waals surface area contributed by atoms with Crippen molar-refractivity contribution in [3.63, 3.8) is 0 Å². The van der Waals surface area contributed by atoms with Crippen LogP contribution in [0.4, 0.5) is 18.9 Å². The zero-order valence-corrected chi connectivity index (χ0v) is 10.4. The van der Waals surface area contributed by atoms with Crippen LogP contribution in [-0.2, 0) is 20.4 Å². The summed E-state index contributed by atoms with van der Waals surface area (Å²) in [5, 5.41) is 0. The summed E-state index contributed by atoms with van der Waals surface area (Å²) in [7, 11) is 1.39. The van der Waals surface area contributed by atoms with Crippen LogP contribution < -0.4 is 0 Å². The summed E-state index contributed by atoms with van der Waals surface area (Å²) in [6.07, 6.45) is -3.12. The highest BCUT2D eigenvalue weighted by atomic mass is 19.4. The second kappa shape index (κ2) is 5.36. The maximum absolute atomic E-state index is 12.4. The Labute approximate surface area is 112 Å². The highest BCUT2D eigenvalue weighted by molar-refractivity contribution is 5.89. The van der Waals surface area contributed by atoms with Crippen LogP contribution in [0.25, 0.3) is 0 Å². The minimum Gasteiger partial charge on any atom is -0.497 e. The van der Waals surface area contributed by atoms with Crippen LogP contribution in [0.2, 0.25) is 0 Å². The molecule has 0 aromatic heterocycles. The number of aliphatic imine (C=N–C) groups is 1. The summed E-state index contributed by atoms with van der Waals surface area (Å²) in [4.78, 5) is 15.0. The lowest BCUT2D eigenvalue weighted by Gasteiger charge is -2.05. The van der Waals surface area contributed by atoms with Gasteiger partial charge >= 0.3 is 12.1 Å². The molecule has 0 spiro atoms. The molecule has 1 heterocycles. The molecule has 20 heavy (non-hydrogen) atoms. The van der Waals surface area contributed by atoms with E-state index in [1.807, 2.05) is 0 Å². The third-order valence-corrected chi connectivity index (χ3v) is 2.58. The van der Waals surface area contributed by atoms with Crippen molar-refractivity contribution in [2.24, 2.45) is 4.99 Å². The fourth-order valence-corrected chi connectivity index (χ4v) is 1.57. The molecule has 2 rings (SSSR count). The normalized spacial score (nSPS) is 15.9. The highest BCUT2D eigenvalue weighted by Crippen LogP contribution is 2.30. The molecule has 1 aromatic carbocycles. The zero-order chi connectivity index (χ0) is 14.8. The Bertz CT molecular complexity index is 574. The first-order chi connectivity index (χ1) is 9.40. The lowest BCUT2D eigenvalue weighted by molar-refractivity contribution is -0.138. The van der Waals surface area contributed by atoms with E-state index in [-0.39, 0.29) is 12.2 Å². The molecule has 0 atom stereocenters. The van der Waals surface area contributed by atoms with E-state index in [0.717, 1.165) is 12.1 Å². The number of carbonyl (C=O) groups excluding carboxylic acids is 1. The van der Waals surface area contributed by atoms with E-state index in [1.54, 1.807) is 0 Å². The van der Waals surface area contributed by atoms with Gasteiger partial charge in [-0.1, -0.05) is 0 Å². The van der Waals surface area contributed by atoms with E-state index < -0.39 is 17.7 Å². The van der Waals surface area contributed by atoms with Gasteiger partial charge in [0.05, 0.1) is 24.6 Å². The molecule has 0 aliphatic carbocycles. The Balaban J connectivity index is 2.14. The van der Waals surface area contributed by atoms with Crippen molar-refractivity contribution in [2.45, 2.75) is 12.6 Å². The van der Waals surface area contributed by atoms with Crippen LogP contribution in [0.3, 0.4) is 0 Å². The van der Waals surface area contributed by atoms with Crippen molar-refractivity contribution in [3.8, 4) is 0 Å². The zero-order valence-electron chi connectivity index (χ0n) is 10.4. The fraction of sp³-hybridized carbons (Fsp3) is 0.231. The van der Waals surface area contributed by atoms with Crippen molar-refractivity contribution >= 4 is 17.9 Å². The predicted molar refractivity (Wildman–Crippen MR) is 64.3 cm³/mol. The van der Waals surface area contributed by atoms with Gasteiger partial charge in [0, 0.05) is 0 Å². The second-order valence-electron chi connectivity index (χ2n) is 3.95. The first kappa shape index (κ1) is 14.1. The number of alkyl halides is 3. The molecule has 7 heteroatoms. The lowest BCUT2D eigenvalue weighted by Crippen LogP contribution is -2.03. The van der Waals surface area contributed by atoms with Crippen LogP contribution in [0.1, 0.15) is 12.0 Å². The third kappa shape index (κ3) is 3.17. The summed E-state index contributed by atoms with van der Waals surface area (Å²) in [6, 6.07) is 4.31. The molecule has 0 N–H and O–H groups in total. The molecular formula is C13H10F3NO3. The number of carbonyl (C=O) groups is 1. The van der Waals surface area contributed by atoms with Crippen LogP contribution in [-0.4, -0.2) is 19.3 Å². The van der Waals surface area contributed by atoms with Crippen LogP contribution in [0.15, 0.2) is 40.8 Å². The van der Waals surface area contributed by atoms with Crippen molar-refractivity contribution in [3.05, 3.63) is 41.3 Å². The van der Waals surface area contributed by atoms with E-state index in [9.17, 15) is 18.0 Å². The Morgan fingerprint density at radius 3 is 2.50 bits per heavy atom. The summed E-state index contributed by atoms with van der Waals surface area (Å²) in [6.45, 7) is 0. The Hall–Kier alpha value is -2.31. The molecular weight excluding hydrogens is 275 g/mol. The van der Waals surface area contributed by atoms with Gasteiger partial charge in [-0.2, -0.15) is 13.2 Å². The van der Waals surface area contributed by atoms with Gasteiger partial charge in [0.25, 0.3) is 0 Å². The molecule has 0 saturated carbocycles. The molecule has 1 aromatic rings. The number of allylic oxidation sites excluding steroid dienone is 1. The first-order valence-electron chi connectivity index (χ1n) is 5.59. The molecule has 1 aliphatic rings. The molecule has 0 amide bonds. The number of ether oxygens (including phenoxy) is 2. The maximum atomic E-state index is 12.4. The summed E-state index contributed by atoms with van der Waals surface area (Å²) in [5.74, 6) is 0.0405. The van der Waals surface area contributed by atoms with E-state index in [0.29, 0.717) is 11.4 Å². The van der Waals surface area contributed by atoms with Gasteiger partial charge in [0.2, 0.25) is 0 Å². The van der Waals surface area contributed by atoms with Crippen molar-refractivity contribution in [2.75, 3.05) is 7.11 Å². The molecule has 1 aliphatic heterocycles. The second-order valence-corrected chi connectivity index (χ2v) is 3.95. The summed E-state index contributed by atoms with van der Waals surface area (Å²) >= 11 is 0. The number of hydrogen-bond acceptors (Lipinski definition) is 4.